The third-order valence-corrected chi connectivity index (χ3v) is 1.63. The second-order valence-electron chi connectivity index (χ2n) is 2.80. The number of aliphatic hydroxyl groups excluding tert-OH is 1. The molecule has 0 aromatic rings. The van der Waals surface area contributed by atoms with Gasteiger partial charge < -0.3 is 21.1 Å². The van der Waals surface area contributed by atoms with Crippen LogP contribution in [0.25, 0.3) is 0 Å². The van der Waals surface area contributed by atoms with E-state index in [1.54, 1.807) is 6.92 Å². The van der Waals surface area contributed by atoms with Crippen LogP contribution in [-0.4, -0.2) is 34.7 Å². The van der Waals surface area contributed by atoms with E-state index in [0.717, 1.165) is 0 Å². The van der Waals surface area contributed by atoms with Crippen molar-refractivity contribution < 1.29 is 14.7 Å². The lowest BCUT2D eigenvalue weighted by Gasteiger charge is -2.30. The minimum atomic E-state index is -1.18. The van der Waals surface area contributed by atoms with E-state index in [-0.39, 0.29) is 12.5 Å². The van der Waals surface area contributed by atoms with Crippen LogP contribution >= 0.6 is 0 Å². The quantitative estimate of drug-likeness (QED) is 0.467. The summed E-state index contributed by atoms with van der Waals surface area (Å²) < 4.78 is 0. The van der Waals surface area contributed by atoms with E-state index in [0.29, 0.717) is 5.57 Å². The first-order valence-corrected chi connectivity index (χ1v) is 3.72. The molecule has 6 heteroatoms. The van der Waals surface area contributed by atoms with Crippen molar-refractivity contribution in [3.63, 3.8) is 0 Å². The van der Waals surface area contributed by atoms with Crippen LogP contribution in [0.2, 0.25) is 0 Å². The van der Waals surface area contributed by atoms with Gasteiger partial charge in [0.25, 0.3) is 5.91 Å². The molecule has 6 nitrogen and oxygen atoms in total. The lowest BCUT2D eigenvalue weighted by molar-refractivity contribution is -0.130. The van der Waals surface area contributed by atoms with Crippen molar-refractivity contribution in [2.45, 2.75) is 13.3 Å². The average molecular weight is 185 g/mol. The Morgan fingerprint density at radius 2 is 2.46 bits per heavy atom. The summed E-state index contributed by atoms with van der Waals surface area (Å²) in [4.78, 5) is 22.7. The standard InChI is InChI=1S/C7H11N3O3/c1-4-2-10(3-5(8)11)7(13)9-6(4)12/h2,7,13H,3H2,1H3,(H2,8,11)(H,9,12). The van der Waals surface area contributed by atoms with Gasteiger partial charge in [-0.15, -0.1) is 0 Å². The second kappa shape index (κ2) is 3.44. The van der Waals surface area contributed by atoms with Crippen molar-refractivity contribution in [2.24, 2.45) is 5.73 Å². The maximum absolute atomic E-state index is 11.0. The lowest BCUT2D eigenvalue weighted by Crippen LogP contribution is -2.52. The molecule has 1 atom stereocenters. The Bertz CT molecular complexity index is 274. The minimum Gasteiger partial charge on any atom is -0.368 e. The molecule has 0 aliphatic carbocycles. The second-order valence-corrected chi connectivity index (χ2v) is 2.80. The third-order valence-electron chi connectivity index (χ3n) is 1.63. The predicted octanol–water partition coefficient (Wildman–Crippen LogP) is -1.92. The molecule has 4 N–H and O–H groups in total. The number of rotatable bonds is 2. The molecule has 0 radical (unpaired) electrons. The Hall–Kier alpha value is -1.56. The number of carbonyl (C=O) groups excluding carboxylic acids is 2. The SMILES string of the molecule is CC1=CN(CC(N)=O)C(O)NC1=O. The first kappa shape index (κ1) is 9.53. The number of primary amides is 1. The van der Waals surface area contributed by atoms with Gasteiger partial charge in [-0.05, 0) is 6.92 Å². The van der Waals surface area contributed by atoms with Gasteiger partial charge in [-0.3, -0.25) is 9.59 Å². The number of amides is 2. The highest BCUT2D eigenvalue weighted by atomic mass is 16.3. The van der Waals surface area contributed by atoms with Gasteiger partial charge in [-0.25, -0.2) is 0 Å². The monoisotopic (exact) mass is 185 g/mol. The summed E-state index contributed by atoms with van der Waals surface area (Å²) in [6.45, 7) is 1.45. The van der Waals surface area contributed by atoms with E-state index >= 15 is 0 Å². The van der Waals surface area contributed by atoms with Crippen LogP contribution < -0.4 is 11.1 Å². The molecule has 2 amide bonds. The number of nitrogens with two attached hydrogens (primary N) is 1. The van der Waals surface area contributed by atoms with E-state index in [1.165, 1.54) is 11.1 Å². The van der Waals surface area contributed by atoms with Gasteiger partial charge in [0.2, 0.25) is 12.3 Å². The molecule has 0 fully saturated rings. The normalized spacial score (nSPS) is 22.3. The van der Waals surface area contributed by atoms with Crippen LogP contribution in [0.4, 0.5) is 0 Å². The van der Waals surface area contributed by atoms with Gasteiger partial charge in [0.15, 0.2) is 0 Å². The summed E-state index contributed by atoms with van der Waals surface area (Å²) in [5, 5.41) is 11.5. The van der Waals surface area contributed by atoms with Crippen LogP contribution in [0.5, 0.6) is 0 Å². The molecule has 1 aliphatic rings. The molecule has 0 aromatic heterocycles. The Morgan fingerprint density at radius 3 is 3.00 bits per heavy atom. The molecule has 1 heterocycles. The predicted molar refractivity (Wildman–Crippen MR) is 43.8 cm³/mol. The molecule has 13 heavy (non-hydrogen) atoms. The van der Waals surface area contributed by atoms with Gasteiger partial charge in [-0.2, -0.15) is 0 Å². The van der Waals surface area contributed by atoms with Gasteiger partial charge in [0.05, 0.1) is 0 Å². The first-order valence-electron chi connectivity index (χ1n) is 3.72. The summed E-state index contributed by atoms with van der Waals surface area (Å²) in [5.41, 5.74) is 5.35. The molecule has 0 saturated carbocycles. The van der Waals surface area contributed by atoms with Crippen LogP contribution in [0.3, 0.4) is 0 Å². The Labute approximate surface area is 75.0 Å². The zero-order valence-corrected chi connectivity index (χ0v) is 7.15. The molecular formula is C7H11N3O3. The van der Waals surface area contributed by atoms with Crippen molar-refractivity contribution in [2.75, 3.05) is 6.54 Å². The van der Waals surface area contributed by atoms with Crippen molar-refractivity contribution >= 4 is 11.8 Å². The number of carbonyl (C=O) groups is 2. The Morgan fingerprint density at radius 1 is 1.85 bits per heavy atom. The fraction of sp³-hybridized carbons (Fsp3) is 0.429. The lowest BCUT2D eigenvalue weighted by atomic mass is 10.2. The summed E-state index contributed by atoms with van der Waals surface area (Å²) in [6, 6.07) is 0. The number of aliphatic hydroxyl groups is 1. The van der Waals surface area contributed by atoms with E-state index < -0.39 is 12.3 Å². The Balaban J connectivity index is 2.74. The molecule has 0 aromatic carbocycles. The molecule has 0 spiro atoms. The molecule has 72 valence electrons. The van der Waals surface area contributed by atoms with Gasteiger partial charge in [-0.1, -0.05) is 0 Å². The summed E-state index contributed by atoms with van der Waals surface area (Å²) in [6.07, 6.45) is 0.220. The molecular weight excluding hydrogens is 174 g/mol. The zero-order chi connectivity index (χ0) is 10.0. The third kappa shape index (κ3) is 2.19. The molecule has 1 unspecified atom stereocenters. The fourth-order valence-electron chi connectivity index (χ4n) is 1.00. The number of hydrogen-bond donors (Lipinski definition) is 3. The molecule has 0 saturated heterocycles. The van der Waals surface area contributed by atoms with Crippen LogP contribution in [-0.2, 0) is 9.59 Å². The molecule has 0 bridgehead atoms. The van der Waals surface area contributed by atoms with Crippen molar-refractivity contribution in [3.8, 4) is 0 Å². The highest BCUT2D eigenvalue weighted by molar-refractivity contribution is 5.93. The summed E-state index contributed by atoms with van der Waals surface area (Å²) in [5.74, 6) is -0.924. The topological polar surface area (TPSA) is 95.7 Å². The summed E-state index contributed by atoms with van der Waals surface area (Å²) in [7, 11) is 0. The van der Waals surface area contributed by atoms with E-state index in [2.05, 4.69) is 5.32 Å². The van der Waals surface area contributed by atoms with Crippen molar-refractivity contribution in [3.05, 3.63) is 11.8 Å². The number of hydrogen-bond acceptors (Lipinski definition) is 4. The van der Waals surface area contributed by atoms with Crippen LogP contribution in [0, 0.1) is 0 Å². The van der Waals surface area contributed by atoms with Gasteiger partial charge in [0, 0.05) is 11.8 Å². The first-order chi connectivity index (χ1) is 6.00. The fourth-order valence-corrected chi connectivity index (χ4v) is 1.00. The van der Waals surface area contributed by atoms with Crippen molar-refractivity contribution in [1.82, 2.24) is 10.2 Å². The highest BCUT2D eigenvalue weighted by Gasteiger charge is 2.22. The average Bonchev–Trinajstić information content (AvgIpc) is 1.99. The molecule has 1 aliphatic heterocycles. The van der Waals surface area contributed by atoms with E-state index in [9.17, 15) is 14.7 Å². The van der Waals surface area contributed by atoms with Gasteiger partial charge >= 0.3 is 0 Å². The van der Waals surface area contributed by atoms with E-state index in [1.807, 2.05) is 0 Å². The smallest absolute Gasteiger partial charge is 0.251 e. The number of nitrogens with zero attached hydrogens (tertiary/aromatic N) is 1. The van der Waals surface area contributed by atoms with Crippen molar-refractivity contribution in [1.29, 1.82) is 0 Å². The van der Waals surface area contributed by atoms with E-state index in [4.69, 9.17) is 5.73 Å². The van der Waals surface area contributed by atoms with Crippen LogP contribution in [0.1, 0.15) is 6.92 Å². The zero-order valence-electron chi connectivity index (χ0n) is 7.15. The largest absolute Gasteiger partial charge is 0.368 e. The maximum Gasteiger partial charge on any atom is 0.251 e. The van der Waals surface area contributed by atoms with Crippen LogP contribution in [0.15, 0.2) is 11.8 Å². The Kier molecular flexibility index (Phi) is 2.52. The molecule has 1 rings (SSSR count). The maximum atomic E-state index is 11.0. The minimum absolute atomic E-state index is 0.126. The number of nitrogens with one attached hydrogen (secondary N) is 1. The highest BCUT2D eigenvalue weighted by Crippen LogP contribution is 2.06. The van der Waals surface area contributed by atoms with Gasteiger partial charge in [0.1, 0.15) is 6.54 Å². The summed E-state index contributed by atoms with van der Waals surface area (Å²) >= 11 is 0.